The maximum atomic E-state index is 12.1. The SMILES string of the molecule is COc1ccc(-c2cc(=O)[nH]c(SCC(=O)Nc3cccc([N+](=O)[O-])c3)n2)cc1. The molecule has 0 unspecified atom stereocenters. The van der Waals surface area contributed by atoms with E-state index >= 15 is 0 Å². The molecule has 3 aromatic rings. The van der Waals surface area contributed by atoms with Gasteiger partial charge in [-0.05, 0) is 30.3 Å². The summed E-state index contributed by atoms with van der Waals surface area (Å²) in [7, 11) is 1.56. The van der Waals surface area contributed by atoms with Crippen LogP contribution in [0.25, 0.3) is 11.3 Å². The highest BCUT2D eigenvalue weighted by molar-refractivity contribution is 7.99. The summed E-state index contributed by atoms with van der Waals surface area (Å²) in [5.74, 6) is 0.275. The number of nitro groups is 1. The lowest BCUT2D eigenvalue weighted by Gasteiger charge is -2.06. The van der Waals surface area contributed by atoms with Gasteiger partial charge in [0.05, 0.1) is 23.5 Å². The van der Waals surface area contributed by atoms with Gasteiger partial charge >= 0.3 is 0 Å². The van der Waals surface area contributed by atoms with Crippen LogP contribution in [0.1, 0.15) is 0 Å². The van der Waals surface area contributed by atoms with Crippen LogP contribution < -0.4 is 15.6 Å². The van der Waals surface area contributed by atoms with E-state index in [0.29, 0.717) is 17.1 Å². The Balaban J connectivity index is 1.68. The third kappa shape index (κ3) is 5.42. The van der Waals surface area contributed by atoms with Gasteiger partial charge in [0.2, 0.25) is 5.91 Å². The first-order valence-corrected chi connectivity index (χ1v) is 9.36. The molecule has 0 spiro atoms. The van der Waals surface area contributed by atoms with E-state index in [1.54, 1.807) is 37.4 Å². The van der Waals surface area contributed by atoms with Crippen LogP contribution in [0.4, 0.5) is 11.4 Å². The summed E-state index contributed by atoms with van der Waals surface area (Å²) in [6.07, 6.45) is 0. The van der Waals surface area contributed by atoms with Gasteiger partial charge in [-0.3, -0.25) is 19.7 Å². The van der Waals surface area contributed by atoms with Crippen LogP contribution in [-0.2, 0) is 4.79 Å². The maximum Gasteiger partial charge on any atom is 0.271 e. The van der Waals surface area contributed by atoms with Crippen molar-refractivity contribution >= 4 is 29.0 Å². The highest BCUT2D eigenvalue weighted by atomic mass is 32.2. The minimum Gasteiger partial charge on any atom is -0.497 e. The van der Waals surface area contributed by atoms with Crippen molar-refractivity contribution in [3.05, 3.63) is 75.1 Å². The molecule has 1 heterocycles. The number of amides is 1. The van der Waals surface area contributed by atoms with Crippen LogP contribution in [0.3, 0.4) is 0 Å². The topological polar surface area (TPSA) is 127 Å². The number of benzene rings is 2. The fraction of sp³-hybridized carbons (Fsp3) is 0.105. The number of carbonyl (C=O) groups excluding carboxylic acids is 1. The molecule has 1 aromatic heterocycles. The van der Waals surface area contributed by atoms with Crippen LogP contribution in [0, 0.1) is 10.1 Å². The summed E-state index contributed by atoms with van der Waals surface area (Å²) >= 11 is 1.05. The van der Waals surface area contributed by atoms with Crippen LogP contribution in [0.5, 0.6) is 5.75 Å². The number of hydrogen-bond acceptors (Lipinski definition) is 7. The number of H-pyrrole nitrogens is 1. The molecule has 0 aliphatic carbocycles. The number of anilines is 1. The molecule has 0 bridgehead atoms. The molecule has 10 heteroatoms. The first-order valence-electron chi connectivity index (χ1n) is 8.37. The Morgan fingerprint density at radius 3 is 2.69 bits per heavy atom. The fourth-order valence-corrected chi connectivity index (χ4v) is 3.12. The van der Waals surface area contributed by atoms with Crippen molar-refractivity contribution in [2.24, 2.45) is 0 Å². The number of non-ortho nitro benzene ring substituents is 1. The minimum atomic E-state index is -0.538. The van der Waals surface area contributed by atoms with Gasteiger partial charge in [-0.2, -0.15) is 0 Å². The molecule has 1 amide bonds. The number of rotatable bonds is 7. The second-order valence-corrected chi connectivity index (χ2v) is 6.77. The molecule has 148 valence electrons. The molecular formula is C19H16N4O5S. The zero-order valence-corrected chi connectivity index (χ0v) is 16.1. The Morgan fingerprint density at radius 1 is 1.24 bits per heavy atom. The monoisotopic (exact) mass is 412 g/mol. The van der Waals surface area contributed by atoms with E-state index in [9.17, 15) is 19.7 Å². The molecule has 0 saturated heterocycles. The van der Waals surface area contributed by atoms with E-state index < -0.39 is 4.92 Å². The molecule has 0 atom stereocenters. The van der Waals surface area contributed by atoms with Crippen molar-refractivity contribution in [2.45, 2.75) is 5.16 Å². The molecule has 0 radical (unpaired) electrons. The van der Waals surface area contributed by atoms with E-state index in [1.807, 2.05) is 0 Å². The first-order chi connectivity index (χ1) is 13.9. The predicted octanol–water partition coefficient (Wildman–Crippen LogP) is 3.08. The number of carbonyl (C=O) groups is 1. The minimum absolute atomic E-state index is 0.0301. The van der Waals surface area contributed by atoms with E-state index in [2.05, 4.69) is 15.3 Å². The van der Waals surface area contributed by atoms with Gasteiger partial charge in [0.25, 0.3) is 11.2 Å². The molecule has 0 aliphatic heterocycles. The van der Waals surface area contributed by atoms with Crippen molar-refractivity contribution in [1.29, 1.82) is 0 Å². The molecule has 0 aliphatic rings. The number of nitrogens with zero attached hydrogens (tertiary/aromatic N) is 2. The lowest BCUT2D eigenvalue weighted by atomic mass is 10.1. The lowest BCUT2D eigenvalue weighted by Crippen LogP contribution is -2.15. The Hall–Kier alpha value is -3.66. The molecular weight excluding hydrogens is 396 g/mol. The molecule has 3 rings (SSSR count). The van der Waals surface area contributed by atoms with Gasteiger partial charge in [0.15, 0.2) is 5.16 Å². The Morgan fingerprint density at radius 2 is 2.00 bits per heavy atom. The van der Waals surface area contributed by atoms with Gasteiger partial charge in [-0.15, -0.1) is 0 Å². The van der Waals surface area contributed by atoms with Gasteiger partial charge < -0.3 is 15.0 Å². The molecule has 9 nitrogen and oxygen atoms in total. The predicted molar refractivity (Wildman–Crippen MR) is 109 cm³/mol. The Bertz CT molecular complexity index is 1100. The average molecular weight is 412 g/mol. The number of aromatic amines is 1. The van der Waals surface area contributed by atoms with Crippen LogP contribution >= 0.6 is 11.8 Å². The van der Waals surface area contributed by atoms with Gasteiger partial charge in [-0.25, -0.2) is 4.98 Å². The van der Waals surface area contributed by atoms with Crippen molar-refractivity contribution in [3.8, 4) is 17.0 Å². The molecule has 29 heavy (non-hydrogen) atoms. The average Bonchev–Trinajstić information content (AvgIpc) is 2.72. The molecule has 2 aromatic carbocycles. The Labute approximate surface area is 169 Å². The second kappa shape index (κ2) is 9.02. The first kappa shape index (κ1) is 20.1. The number of aromatic nitrogens is 2. The summed E-state index contributed by atoms with van der Waals surface area (Å²) < 4.78 is 5.11. The fourth-order valence-electron chi connectivity index (χ4n) is 2.44. The second-order valence-electron chi connectivity index (χ2n) is 5.81. The molecule has 0 fully saturated rings. The summed E-state index contributed by atoms with van der Waals surface area (Å²) in [6.45, 7) is 0. The third-order valence-corrected chi connectivity index (χ3v) is 4.66. The normalized spacial score (nSPS) is 10.4. The maximum absolute atomic E-state index is 12.1. The Kier molecular flexibility index (Phi) is 6.25. The zero-order chi connectivity index (χ0) is 20.8. The van der Waals surface area contributed by atoms with Crippen molar-refractivity contribution in [1.82, 2.24) is 9.97 Å². The number of ether oxygens (including phenoxy) is 1. The van der Waals surface area contributed by atoms with Gasteiger partial charge in [0, 0.05) is 29.4 Å². The third-order valence-electron chi connectivity index (χ3n) is 3.79. The highest BCUT2D eigenvalue weighted by Gasteiger charge is 2.10. The number of nitro benzene ring substituents is 1. The summed E-state index contributed by atoms with van der Waals surface area (Å²) in [5, 5.41) is 13.7. The number of hydrogen-bond donors (Lipinski definition) is 2. The number of nitrogens with one attached hydrogen (secondary N) is 2. The lowest BCUT2D eigenvalue weighted by molar-refractivity contribution is -0.384. The van der Waals surface area contributed by atoms with Gasteiger partial charge in [0.1, 0.15) is 5.75 Å². The standard InChI is InChI=1S/C19H16N4O5S/c1-28-15-7-5-12(6-8-15)16-10-17(24)22-19(21-16)29-11-18(25)20-13-3-2-4-14(9-13)23(26)27/h2-10H,11H2,1H3,(H,20,25)(H,21,22,24). The molecule has 2 N–H and O–H groups in total. The largest absolute Gasteiger partial charge is 0.497 e. The van der Waals surface area contributed by atoms with E-state index in [-0.39, 0.29) is 28.1 Å². The smallest absolute Gasteiger partial charge is 0.271 e. The van der Waals surface area contributed by atoms with E-state index in [1.165, 1.54) is 24.3 Å². The highest BCUT2D eigenvalue weighted by Crippen LogP contribution is 2.22. The van der Waals surface area contributed by atoms with E-state index in [4.69, 9.17) is 4.74 Å². The molecule has 0 saturated carbocycles. The quantitative estimate of drug-likeness (QED) is 0.264. The van der Waals surface area contributed by atoms with Gasteiger partial charge in [-0.1, -0.05) is 17.8 Å². The number of methoxy groups -OCH3 is 1. The van der Waals surface area contributed by atoms with E-state index in [0.717, 1.165) is 17.3 Å². The van der Waals surface area contributed by atoms with Crippen LogP contribution in [0.2, 0.25) is 0 Å². The van der Waals surface area contributed by atoms with Crippen molar-refractivity contribution in [3.63, 3.8) is 0 Å². The zero-order valence-electron chi connectivity index (χ0n) is 15.2. The van der Waals surface area contributed by atoms with Crippen LogP contribution in [0.15, 0.2) is 64.5 Å². The van der Waals surface area contributed by atoms with Crippen molar-refractivity contribution < 1.29 is 14.5 Å². The summed E-state index contributed by atoms with van der Waals surface area (Å²) in [6, 6.07) is 14.1. The summed E-state index contributed by atoms with van der Waals surface area (Å²) in [4.78, 5) is 41.3. The number of thioether (sulfide) groups is 1. The van der Waals surface area contributed by atoms with Crippen LogP contribution in [-0.4, -0.2) is 33.7 Å². The van der Waals surface area contributed by atoms with Crippen molar-refractivity contribution in [2.75, 3.05) is 18.2 Å². The summed E-state index contributed by atoms with van der Waals surface area (Å²) in [5.41, 5.74) is 1.07.